The zero-order valence-electron chi connectivity index (χ0n) is 20.1. The molecule has 4 amide bonds. The molecule has 8 nitrogen and oxygen atoms in total. The monoisotopic (exact) mass is 473 g/mol. The highest BCUT2D eigenvalue weighted by Gasteiger charge is 2.54. The molecule has 9 heteroatoms. The van der Waals surface area contributed by atoms with Crippen LogP contribution in [0.15, 0.2) is 24.3 Å². The largest absolute Gasteiger partial charge is 0.344 e. The summed E-state index contributed by atoms with van der Waals surface area (Å²) in [4.78, 5) is 41.0. The predicted octanol–water partition coefficient (Wildman–Crippen LogP) is 3.01. The van der Waals surface area contributed by atoms with Crippen LogP contribution in [0.4, 0.5) is 9.18 Å². The third-order valence-corrected chi connectivity index (χ3v) is 7.55. The van der Waals surface area contributed by atoms with Crippen LogP contribution >= 0.6 is 0 Å². The maximum absolute atomic E-state index is 13.5. The first-order valence-electron chi connectivity index (χ1n) is 12.5. The molecule has 186 valence electrons. The van der Waals surface area contributed by atoms with Gasteiger partial charge in [-0.25, -0.2) is 14.1 Å². The van der Waals surface area contributed by atoms with E-state index >= 15 is 0 Å². The van der Waals surface area contributed by atoms with Crippen LogP contribution in [0.5, 0.6) is 0 Å². The second kappa shape index (κ2) is 10.4. The molecule has 1 aromatic rings. The quantitative estimate of drug-likeness (QED) is 0.379. The standard InChI is InChI=1S/C25H36FN5O3/c1-17(31-23(33)25(27-24(31)34)12-5-6-13-25)22(32)30(2)14-7-3-4-11-20-16-21(29-28-20)18-9-8-10-19(26)15-18/h8-10,15,17,20-21,28-29H,3-7,11-14,16H2,1-2H3,(H,27,34). The Labute approximate surface area is 200 Å². The normalized spacial score (nSPS) is 24.6. The van der Waals surface area contributed by atoms with E-state index in [2.05, 4.69) is 16.2 Å². The molecule has 1 spiro atoms. The van der Waals surface area contributed by atoms with E-state index in [9.17, 15) is 18.8 Å². The van der Waals surface area contributed by atoms with Crippen molar-refractivity contribution in [2.75, 3.05) is 13.6 Å². The Morgan fingerprint density at radius 3 is 2.71 bits per heavy atom. The molecule has 3 N–H and O–H groups in total. The average Bonchev–Trinajstić information content (AvgIpc) is 3.53. The highest BCUT2D eigenvalue weighted by molar-refractivity contribution is 6.09. The highest BCUT2D eigenvalue weighted by atomic mass is 19.1. The number of carbonyl (C=O) groups is 3. The number of hydrogen-bond acceptors (Lipinski definition) is 5. The summed E-state index contributed by atoms with van der Waals surface area (Å²) < 4.78 is 13.5. The number of carbonyl (C=O) groups excluding carboxylic acids is 3. The van der Waals surface area contributed by atoms with E-state index in [1.807, 2.05) is 6.07 Å². The molecular weight excluding hydrogens is 437 g/mol. The van der Waals surface area contributed by atoms with E-state index in [0.29, 0.717) is 25.4 Å². The Balaban J connectivity index is 1.16. The molecule has 3 atom stereocenters. The fraction of sp³-hybridized carbons (Fsp3) is 0.640. The number of likely N-dealkylation sites (N-methyl/N-ethyl adjacent to an activating group) is 1. The van der Waals surface area contributed by atoms with Crippen molar-refractivity contribution in [3.05, 3.63) is 35.6 Å². The minimum atomic E-state index is -0.800. The van der Waals surface area contributed by atoms with E-state index in [4.69, 9.17) is 0 Å². The molecule has 1 aromatic carbocycles. The number of hydrogen-bond donors (Lipinski definition) is 3. The lowest BCUT2D eigenvalue weighted by Gasteiger charge is -2.27. The molecule has 1 saturated carbocycles. The molecule has 34 heavy (non-hydrogen) atoms. The van der Waals surface area contributed by atoms with Gasteiger partial charge in [0.2, 0.25) is 5.91 Å². The van der Waals surface area contributed by atoms with Gasteiger partial charge in [0.05, 0.1) is 0 Å². The van der Waals surface area contributed by atoms with Gasteiger partial charge in [-0.15, -0.1) is 0 Å². The molecule has 0 aromatic heterocycles. The Kier molecular flexibility index (Phi) is 7.52. The summed E-state index contributed by atoms with van der Waals surface area (Å²) in [6, 6.07) is 5.89. The van der Waals surface area contributed by atoms with Crippen molar-refractivity contribution in [1.82, 2.24) is 26.0 Å². The molecule has 0 bridgehead atoms. The average molecular weight is 474 g/mol. The van der Waals surface area contributed by atoms with Gasteiger partial charge in [0, 0.05) is 25.7 Å². The van der Waals surface area contributed by atoms with Gasteiger partial charge in [0.1, 0.15) is 17.4 Å². The number of unbranched alkanes of at least 4 members (excludes halogenated alkanes) is 2. The molecule has 3 fully saturated rings. The maximum atomic E-state index is 13.5. The van der Waals surface area contributed by atoms with Gasteiger partial charge in [-0.1, -0.05) is 37.8 Å². The minimum Gasteiger partial charge on any atom is -0.344 e. The van der Waals surface area contributed by atoms with Crippen molar-refractivity contribution < 1.29 is 18.8 Å². The first kappa shape index (κ1) is 24.6. The van der Waals surface area contributed by atoms with E-state index in [-0.39, 0.29) is 23.7 Å². The van der Waals surface area contributed by atoms with Gasteiger partial charge in [-0.2, -0.15) is 0 Å². The molecule has 2 heterocycles. The SMILES string of the molecule is CC(C(=O)N(C)CCCCCC1CC(c2cccc(F)c2)NN1)N1C(=O)NC2(CCCC2)C1=O. The van der Waals surface area contributed by atoms with Crippen LogP contribution in [0.1, 0.15) is 76.3 Å². The summed E-state index contributed by atoms with van der Waals surface area (Å²) in [5, 5.41) is 2.84. The maximum Gasteiger partial charge on any atom is 0.325 e. The third kappa shape index (κ3) is 5.10. The van der Waals surface area contributed by atoms with Crippen LogP contribution in [0.2, 0.25) is 0 Å². The van der Waals surface area contributed by atoms with E-state index < -0.39 is 17.6 Å². The van der Waals surface area contributed by atoms with Crippen molar-refractivity contribution in [2.24, 2.45) is 0 Å². The summed E-state index contributed by atoms with van der Waals surface area (Å²) in [5.41, 5.74) is 6.72. The number of urea groups is 1. The summed E-state index contributed by atoms with van der Waals surface area (Å²) in [7, 11) is 1.73. The number of hydrazine groups is 1. The van der Waals surface area contributed by atoms with Gasteiger partial charge >= 0.3 is 6.03 Å². The zero-order valence-corrected chi connectivity index (χ0v) is 20.1. The number of nitrogens with one attached hydrogen (secondary N) is 3. The lowest BCUT2D eigenvalue weighted by atomic mass is 9.97. The topological polar surface area (TPSA) is 93.8 Å². The van der Waals surface area contributed by atoms with Crippen LogP contribution in [-0.4, -0.2) is 58.9 Å². The van der Waals surface area contributed by atoms with Crippen LogP contribution < -0.4 is 16.2 Å². The summed E-state index contributed by atoms with van der Waals surface area (Å²) >= 11 is 0. The summed E-state index contributed by atoms with van der Waals surface area (Å²) in [6.45, 7) is 2.22. The van der Waals surface area contributed by atoms with Crippen molar-refractivity contribution in [2.45, 2.75) is 88.4 Å². The number of halogens is 1. The number of benzene rings is 1. The Bertz CT molecular complexity index is 920. The van der Waals surface area contributed by atoms with Gasteiger partial charge in [0.25, 0.3) is 5.91 Å². The van der Waals surface area contributed by atoms with Gasteiger partial charge < -0.3 is 10.2 Å². The number of amides is 4. The van der Waals surface area contributed by atoms with Crippen LogP contribution in [0.3, 0.4) is 0 Å². The highest BCUT2D eigenvalue weighted by Crippen LogP contribution is 2.36. The zero-order chi connectivity index (χ0) is 24.3. The fourth-order valence-electron chi connectivity index (χ4n) is 5.52. The first-order valence-corrected chi connectivity index (χ1v) is 12.5. The van der Waals surface area contributed by atoms with Crippen LogP contribution in [0.25, 0.3) is 0 Å². The van der Waals surface area contributed by atoms with E-state index in [1.54, 1.807) is 31.0 Å². The minimum absolute atomic E-state index is 0.111. The Morgan fingerprint density at radius 1 is 1.21 bits per heavy atom. The number of rotatable bonds is 9. The van der Waals surface area contributed by atoms with Crippen LogP contribution in [0, 0.1) is 5.82 Å². The molecular formula is C25H36FN5O3. The molecule has 2 aliphatic heterocycles. The molecule has 4 rings (SSSR count). The number of imide groups is 1. The van der Waals surface area contributed by atoms with Crippen molar-refractivity contribution >= 4 is 17.8 Å². The van der Waals surface area contributed by atoms with Crippen molar-refractivity contribution in [3.63, 3.8) is 0 Å². The molecule has 3 unspecified atom stereocenters. The van der Waals surface area contributed by atoms with Gasteiger partial charge in [-0.05, 0) is 56.7 Å². The van der Waals surface area contributed by atoms with Crippen LogP contribution in [-0.2, 0) is 9.59 Å². The van der Waals surface area contributed by atoms with Gasteiger partial charge in [-0.3, -0.25) is 20.4 Å². The second-order valence-corrected chi connectivity index (χ2v) is 10.0. The summed E-state index contributed by atoms with van der Waals surface area (Å²) in [6.07, 6.45) is 7.89. The van der Waals surface area contributed by atoms with E-state index in [0.717, 1.165) is 55.4 Å². The molecule has 3 aliphatic rings. The van der Waals surface area contributed by atoms with Gasteiger partial charge in [0.15, 0.2) is 0 Å². The van der Waals surface area contributed by atoms with Crippen molar-refractivity contribution in [3.8, 4) is 0 Å². The lowest BCUT2D eigenvalue weighted by molar-refractivity contribution is -0.142. The Hall–Kier alpha value is -2.52. The smallest absolute Gasteiger partial charge is 0.325 e. The van der Waals surface area contributed by atoms with Crippen molar-refractivity contribution in [1.29, 1.82) is 0 Å². The number of nitrogens with zero attached hydrogens (tertiary/aromatic N) is 2. The second-order valence-electron chi connectivity index (χ2n) is 10.0. The first-order chi connectivity index (χ1) is 16.3. The van der Waals surface area contributed by atoms with E-state index in [1.165, 1.54) is 6.07 Å². The molecule has 2 saturated heterocycles. The summed E-state index contributed by atoms with van der Waals surface area (Å²) in [5.74, 6) is -0.680. The fourth-order valence-corrected chi connectivity index (χ4v) is 5.52. The lowest BCUT2D eigenvalue weighted by Crippen LogP contribution is -2.50. The third-order valence-electron chi connectivity index (χ3n) is 7.55. The Morgan fingerprint density at radius 2 is 1.97 bits per heavy atom. The molecule has 1 aliphatic carbocycles. The predicted molar refractivity (Wildman–Crippen MR) is 126 cm³/mol. The molecule has 0 radical (unpaired) electrons.